The monoisotopic (exact) mass is 498 g/mol. The van der Waals surface area contributed by atoms with Gasteiger partial charge >= 0.3 is 0 Å². The Morgan fingerprint density at radius 1 is 1.30 bits per heavy atom. The van der Waals surface area contributed by atoms with Gasteiger partial charge in [-0.3, -0.25) is 0 Å². The van der Waals surface area contributed by atoms with Crippen molar-refractivity contribution < 1.29 is 14.4 Å². The molecule has 0 aliphatic rings. The topological polar surface area (TPSA) is 55.9 Å². The van der Waals surface area contributed by atoms with Crippen LogP contribution in [0.3, 0.4) is 0 Å². The fraction of sp³-hybridized carbons (Fsp3) is 0.357. The number of hydrogen-bond donors (Lipinski definition) is 1. The number of carboxylic acids is 1. The molecular weight excluding hydrogens is 482 g/mol. The number of likely N-dealkylation sites (N-methyl/N-ethyl adjacent to an activating group) is 1. The van der Waals surface area contributed by atoms with E-state index in [-0.39, 0.29) is 0 Å². The normalized spacial score (nSPS) is 13.7. The average molecular weight is 498 g/mol. The zero-order valence-corrected chi connectivity index (χ0v) is 15.9. The minimum atomic E-state index is -1.01. The van der Waals surface area contributed by atoms with Crippen LogP contribution in [0.4, 0.5) is 0 Å². The van der Waals surface area contributed by atoms with Crippen molar-refractivity contribution in [3.05, 3.63) is 31.0 Å². The van der Waals surface area contributed by atoms with Gasteiger partial charge in [-0.15, -0.1) is 0 Å². The highest BCUT2D eigenvalue weighted by atomic mass is 127. The molecule has 0 aliphatic carbocycles. The fourth-order valence-electron chi connectivity index (χ4n) is 2.23. The molecule has 2 rings (SSSR count). The molecule has 0 bridgehead atoms. The number of carboxylic acid groups (broad SMARTS) is 1. The zero-order chi connectivity index (χ0) is 15.1. The second kappa shape index (κ2) is 5.80. The van der Waals surface area contributed by atoms with Crippen LogP contribution < -0.4 is 5.11 Å². The number of rotatable bonds is 4. The van der Waals surface area contributed by atoms with Crippen LogP contribution in [-0.2, 0) is 11.2 Å². The molecule has 0 saturated carbocycles. The summed E-state index contributed by atoms with van der Waals surface area (Å²) in [4.78, 5) is 14.6. The van der Waals surface area contributed by atoms with Crippen molar-refractivity contribution in [3.8, 4) is 0 Å². The predicted octanol–water partition coefficient (Wildman–Crippen LogP) is 1.74. The summed E-state index contributed by atoms with van der Waals surface area (Å²) in [5, 5.41) is 12.5. The van der Waals surface area contributed by atoms with Crippen LogP contribution in [0.15, 0.2) is 18.3 Å². The Kier molecular flexibility index (Phi) is 4.65. The van der Waals surface area contributed by atoms with Crippen molar-refractivity contribution in [1.29, 1.82) is 0 Å². The Bertz CT molecular complexity index is 659. The van der Waals surface area contributed by atoms with Crippen LogP contribution in [0.25, 0.3) is 10.9 Å². The van der Waals surface area contributed by atoms with E-state index in [1.807, 2.05) is 27.3 Å². The van der Waals surface area contributed by atoms with Crippen LogP contribution >= 0.6 is 45.2 Å². The van der Waals surface area contributed by atoms with E-state index >= 15 is 0 Å². The third-order valence-electron chi connectivity index (χ3n) is 3.43. The highest BCUT2D eigenvalue weighted by Gasteiger charge is 2.26. The van der Waals surface area contributed by atoms with Gasteiger partial charge in [-0.2, -0.15) is 0 Å². The van der Waals surface area contributed by atoms with Crippen LogP contribution in [-0.4, -0.2) is 42.6 Å². The molecule has 1 unspecified atom stereocenters. The summed E-state index contributed by atoms with van der Waals surface area (Å²) in [7, 11) is 5.63. The molecule has 0 radical (unpaired) electrons. The summed E-state index contributed by atoms with van der Waals surface area (Å²) in [5.74, 6) is -1.01. The molecule has 6 heteroatoms. The number of benzene rings is 1. The highest BCUT2D eigenvalue weighted by Crippen LogP contribution is 2.26. The first kappa shape index (κ1) is 16.0. The van der Waals surface area contributed by atoms with E-state index < -0.39 is 12.0 Å². The Hall–Kier alpha value is -0.350. The Balaban J connectivity index is 2.43. The number of fused-ring (bicyclic) bond motifs is 1. The lowest BCUT2D eigenvalue weighted by molar-refractivity contribution is -0.889. The smallest absolute Gasteiger partial charge is 0.133 e. The third-order valence-corrected chi connectivity index (χ3v) is 6.25. The van der Waals surface area contributed by atoms with Crippen molar-refractivity contribution in [2.75, 3.05) is 21.1 Å². The molecule has 1 heterocycles. The Morgan fingerprint density at radius 3 is 2.45 bits per heavy atom. The van der Waals surface area contributed by atoms with Gasteiger partial charge in [0.1, 0.15) is 6.04 Å². The van der Waals surface area contributed by atoms with Gasteiger partial charge in [0, 0.05) is 30.7 Å². The van der Waals surface area contributed by atoms with Crippen LogP contribution in [0.1, 0.15) is 5.56 Å². The van der Waals surface area contributed by atoms with Crippen LogP contribution in [0.2, 0.25) is 0 Å². The molecule has 20 heavy (non-hydrogen) atoms. The van der Waals surface area contributed by atoms with E-state index in [4.69, 9.17) is 0 Å². The van der Waals surface area contributed by atoms with Gasteiger partial charge in [-0.25, -0.2) is 0 Å². The molecule has 0 aliphatic heterocycles. The molecule has 2 aromatic rings. The molecule has 0 amide bonds. The van der Waals surface area contributed by atoms with Gasteiger partial charge < -0.3 is 19.4 Å². The number of nitrogens with one attached hydrogen (secondary N) is 1. The summed E-state index contributed by atoms with van der Waals surface area (Å²) in [6.07, 6.45) is 2.37. The van der Waals surface area contributed by atoms with Gasteiger partial charge in [0.2, 0.25) is 0 Å². The van der Waals surface area contributed by atoms with E-state index in [0.717, 1.165) is 16.5 Å². The van der Waals surface area contributed by atoms with Crippen molar-refractivity contribution in [1.82, 2.24) is 4.98 Å². The number of halogens is 2. The number of H-pyrrole nitrogens is 1. The molecule has 1 atom stereocenters. The first-order valence-electron chi connectivity index (χ1n) is 6.17. The van der Waals surface area contributed by atoms with Crippen molar-refractivity contribution in [2.45, 2.75) is 12.5 Å². The Labute approximate surface area is 145 Å². The van der Waals surface area contributed by atoms with Gasteiger partial charge in [0.25, 0.3) is 0 Å². The molecule has 0 saturated heterocycles. The molecule has 1 N–H and O–H groups in total. The molecular formula is C14H16I2N2O2. The van der Waals surface area contributed by atoms with Gasteiger partial charge in [0.05, 0.1) is 27.1 Å². The molecule has 0 fully saturated rings. The van der Waals surface area contributed by atoms with Crippen molar-refractivity contribution >= 4 is 62.1 Å². The standard InChI is InChI=1S/C14H16I2N2O2/c1-18(2,3)13(14(19)20)4-8-7-17-12-6-11(16)10(15)5-9(8)12/h5-7,13,17H,4H2,1-3H3. The van der Waals surface area contributed by atoms with Gasteiger partial charge in [-0.1, -0.05) is 0 Å². The largest absolute Gasteiger partial charge is 0.544 e. The SMILES string of the molecule is C[N+](C)(C)C(Cc1c[nH]c2cc(I)c(I)cc12)C(=O)[O-]. The lowest BCUT2D eigenvalue weighted by Crippen LogP contribution is -2.55. The van der Waals surface area contributed by atoms with Crippen molar-refractivity contribution in [3.63, 3.8) is 0 Å². The number of aliphatic carboxylic acids is 1. The highest BCUT2D eigenvalue weighted by molar-refractivity contribution is 14.1. The van der Waals surface area contributed by atoms with E-state index in [1.54, 1.807) is 0 Å². The quantitative estimate of drug-likeness (QED) is 0.517. The van der Waals surface area contributed by atoms with E-state index in [9.17, 15) is 9.90 Å². The molecule has 1 aromatic carbocycles. The van der Waals surface area contributed by atoms with E-state index in [0.29, 0.717) is 10.9 Å². The number of aromatic nitrogens is 1. The summed E-state index contributed by atoms with van der Waals surface area (Å²) in [5.41, 5.74) is 2.07. The van der Waals surface area contributed by atoms with E-state index in [1.165, 1.54) is 7.14 Å². The minimum Gasteiger partial charge on any atom is -0.544 e. The summed E-state index contributed by atoms with van der Waals surface area (Å²) < 4.78 is 2.70. The van der Waals surface area contributed by atoms with Crippen molar-refractivity contribution in [2.24, 2.45) is 0 Å². The van der Waals surface area contributed by atoms with Crippen LogP contribution in [0, 0.1) is 7.14 Å². The number of carbonyl (C=O) groups excluding carboxylic acids is 1. The van der Waals surface area contributed by atoms with Gasteiger partial charge in [-0.05, 0) is 62.9 Å². The lowest BCUT2D eigenvalue weighted by atomic mass is 10.0. The second-order valence-electron chi connectivity index (χ2n) is 5.78. The molecule has 108 valence electrons. The number of carbonyl (C=O) groups is 1. The van der Waals surface area contributed by atoms with Crippen LogP contribution in [0.5, 0.6) is 0 Å². The van der Waals surface area contributed by atoms with E-state index in [2.05, 4.69) is 62.3 Å². The third kappa shape index (κ3) is 3.28. The maximum absolute atomic E-state index is 11.4. The number of quaternary nitrogens is 1. The molecule has 0 spiro atoms. The minimum absolute atomic E-state index is 0.344. The average Bonchev–Trinajstić information content (AvgIpc) is 2.67. The summed E-state index contributed by atoms with van der Waals surface area (Å²) in [6, 6.07) is 3.62. The number of hydrogen-bond acceptors (Lipinski definition) is 2. The first-order chi connectivity index (χ1) is 9.20. The summed E-state index contributed by atoms with van der Waals surface area (Å²) >= 11 is 4.59. The predicted molar refractivity (Wildman–Crippen MR) is 94.3 cm³/mol. The first-order valence-corrected chi connectivity index (χ1v) is 8.33. The maximum Gasteiger partial charge on any atom is 0.133 e. The number of aromatic amines is 1. The van der Waals surface area contributed by atoms with Gasteiger partial charge in [0.15, 0.2) is 0 Å². The lowest BCUT2D eigenvalue weighted by Gasteiger charge is -2.34. The number of nitrogens with zero attached hydrogens (tertiary/aromatic N) is 1. The fourth-order valence-corrected chi connectivity index (χ4v) is 3.16. The Morgan fingerprint density at radius 2 is 1.90 bits per heavy atom. The molecule has 1 aromatic heterocycles. The molecule has 4 nitrogen and oxygen atoms in total. The second-order valence-corrected chi connectivity index (χ2v) is 8.11. The maximum atomic E-state index is 11.4. The summed E-state index contributed by atoms with van der Waals surface area (Å²) in [6.45, 7) is 0. The zero-order valence-electron chi connectivity index (χ0n) is 11.5.